The van der Waals surface area contributed by atoms with Gasteiger partial charge in [0.1, 0.15) is 12.1 Å². The second kappa shape index (κ2) is 15.7. The monoisotopic (exact) mass is 507 g/mol. The Kier molecular flexibility index (Phi) is 13.0. The molecule has 0 spiro atoms. The third-order valence-corrected chi connectivity index (χ3v) is 4.88. The summed E-state index contributed by atoms with van der Waals surface area (Å²) >= 11 is 0. The predicted molar refractivity (Wildman–Crippen MR) is 129 cm³/mol. The van der Waals surface area contributed by atoms with Crippen LogP contribution in [0.25, 0.3) is 0 Å². The van der Waals surface area contributed by atoms with Gasteiger partial charge in [0, 0.05) is 25.9 Å². The third-order valence-electron chi connectivity index (χ3n) is 4.88. The number of aliphatic imine (C=N–C) groups is 1. The van der Waals surface area contributed by atoms with Gasteiger partial charge in [0.2, 0.25) is 17.7 Å². The minimum absolute atomic E-state index is 0.0338. The molecule has 0 aliphatic heterocycles. The molecule has 1 rings (SSSR count). The van der Waals surface area contributed by atoms with E-state index in [4.69, 9.17) is 22.3 Å². The average Bonchev–Trinajstić information content (AvgIpc) is 2.80. The molecule has 0 saturated carbocycles. The van der Waals surface area contributed by atoms with E-state index in [9.17, 15) is 29.1 Å². The summed E-state index contributed by atoms with van der Waals surface area (Å²) in [5.41, 5.74) is 16.8. The van der Waals surface area contributed by atoms with E-state index in [-0.39, 0.29) is 25.3 Å². The molecule has 0 bridgehead atoms. The van der Waals surface area contributed by atoms with E-state index < -0.39 is 54.2 Å². The number of carboxylic acids is 2. The fraction of sp³-hybridized carbons (Fsp3) is 0.455. The molecule has 0 fully saturated rings. The zero-order chi connectivity index (χ0) is 27.1. The number of aliphatic carboxylic acids is 2. The van der Waals surface area contributed by atoms with Crippen LogP contribution in [0.15, 0.2) is 35.3 Å². The lowest BCUT2D eigenvalue weighted by Gasteiger charge is -2.20. The molecule has 1 aromatic carbocycles. The molecule has 198 valence electrons. The first-order chi connectivity index (χ1) is 17.0. The van der Waals surface area contributed by atoms with Crippen molar-refractivity contribution in [3.63, 3.8) is 0 Å². The number of amides is 3. The van der Waals surface area contributed by atoms with Crippen molar-refractivity contribution < 1.29 is 34.2 Å². The maximum absolute atomic E-state index is 12.6. The van der Waals surface area contributed by atoms with Gasteiger partial charge in [-0.05, 0) is 18.4 Å². The Morgan fingerprint density at radius 3 is 2.19 bits per heavy atom. The number of benzene rings is 1. The van der Waals surface area contributed by atoms with Crippen molar-refractivity contribution in [2.75, 3.05) is 13.1 Å². The molecule has 0 unspecified atom stereocenters. The van der Waals surface area contributed by atoms with Gasteiger partial charge in [0.25, 0.3) is 0 Å². The molecule has 14 heteroatoms. The molecule has 0 saturated heterocycles. The van der Waals surface area contributed by atoms with Gasteiger partial charge in [-0.2, -0.15) is 0 Å². The van der Waals surface area contributed by atoms with Crippen LogP contribution in [0.3, 0.4) is 0 Å². The van der Waals surface area contributed by atoms with E-state index in [1.165, 1.54) is 0 Å². The topological polar surface area (TPSA) is 252 Å². The van der Waals surface area contributed by atoms with Gasteiger partial charge in [-0.15, -0.1) is 0 Å². The number of nitrogens with zero attached hydrogens (tertiary/aromatic N) is 1. The quantitative estimate of drug-likeness (QED) is 0.0671. The van der Waals surface area contributed by atoms with Crippen molar-refractivity contribution in [1.82, 2.24) is 16.0 Å². The fourth-order valence-electron chi connectivity index (χ4n) is 3.05. The van der Waals surface area contributed by atoms with Crippen molar-refractivity contribution >= 4 is 35.6 Å². The number of carbonyl (C=O) groups excluding carboxylic acids is 3. The van der Waals surface area contributed by atoms with Crippen molar-refractivity contribution in [1.29, 1.82) is 0 Å². The van der Waals surface area contributed by atoms with E-state index in [1.54, 1.807) is 30.3 Å². The maximum atomic E-state index is 12.6. The minimum atomic E-state index is -1.51. The predicted octanol–water partition coefficient (Wildman–Crippen LogP) is -2.35. The van der Waals surface area contributed by atoms with Crippen LogP contribution in [-0.2, 0) is 30.4 Å². The highest BCUT2D eigenvalue weighted by Gasteiger charge is 2.28. The lowest BCUT2D eigenvalue weighted by Crippen LogP contribution is -2.53. The van der Waals surface area contributed by atoms with Crippen LogP contribution in [0.1, 0.15) is 31.2 Å². The Bertz CT molecular complexity index is 936. The van der Waals surface area contributed by atoms with E-state index in [1.807, 2.05) is 0 Å². The second-order valence-electron chi connectivity index (χ2n) is 7.90. The average molecular weight is 508 g/mol. The maximum Gasteiger partial charge on any atom is 0.326 e. The summed E-state index contributed by atoms with van der Waals surface area (Å²) in [7, 11) is 0. The Morgan fingerprint density at radius 2 is 1.61 bits per heavy atom. The fourth-order valence-corrected chi connectivity index (χ4v) is 3.05. The van der Waals surface area contributed by atoms with Gasteiger partial charge in [-0.1, -0.05) is 30.3 Å². The summed E-state index contributed by atoms with van der Waals surface area (Å²) in [6, 6.07) is 4.85. The number of hydrogen-bond acceptors (Lipinski definition) is 7. The largest absolute Gasteiger partial charge is 0.481 e. The molecule has 0 aliphatic carbocycles. The molecular formula is C22H33N7O7. The number of rotatable bonds is 16. The molecule has 0 aromatic heterocycles. The highest BCUT2D eigenvalue weighted by molar-refractivity contribution is 5.93. The Labute approximate surface area is 207 Å². The van der Waals surface area contributed by atoms with Gasteiger partial charge in [0.15, 0.2) is 5.96 Å². The summed E-state index contributed by atoms with van der Waals surface area (Å²) in [6.45, 7) is 0.201. The zero-order valence-corrected chi connectivity index (χ0v) is 19.7. The summed E-state index contributed by atoms with van der Waals surface area (Å²) in [4.78, 5) is 63.4. The first-order valence-corrected chi connectivity index (χ1v) is 11.2. The smallest absolute Gasteiger partial charge is 0.326 e. The van der Waals surface area contributed by atoms with Crippen LogP contribution >= 0.6 is 0 Å². The van der Waals surface area contributed by atoms with Crippen molar-refractivity contribution in [2.24, 2.45) is 22.2 Å². The summed E-state index contributed by atoms with van der Waals surface area (Å²) < 4.78 is 0. The number of carbonyl (C=O) groups is 5. The molecule has 36 heavy (non-hydrogen) atoms. The minimum Gasteiger partial charge on any atom is -0.481 e. The molecule has 0 heterocycles. The summed E-state index contributed by atoms with van der Waals surface area (Å²) in [5.74, 6) is -4.93. The zero-order valence-electron chi connectivity index (χ0n) is 19.7. The highest BCUT2D eigenvalue weighted by Crippen LogP contribution is 2.05. The van der Waals surface area contributed by atoms with Gasteiger partial charge in [-0.3, -0.25) is 24.2 Å². The number of hydrogen-bond donors (Lipinski definition) is 8. The lowest BCUT2D eigenvalue weighted by molar-refractivity contribution is -0.143. The van der Waals surface area contributed by atoms with Crippen molar-refractivity contribution in [3.8, 4) is 0 Å². The van der Waals surface area contributed by atoms with Crippen LogP contribution in [0.2, 0.25) is 0 Å². The molecule has 0 radical (unpaired) electrons. The standard InChI is InChI=1S/C22H33N7O7/c23-14(7-4-9-27-22(24)25)19(33)26-10-8-17(30)28-15(12-18(31)32)20(34)29-16(21(35)36)11-13-5-2-1-3-6-13/h1-3,5-6,14-16H,4,7-12,23H2,(H,26,33)(H,28,30)(H,29,34)(H,31,32)(H,35,36)(H4,24,25,27)/t14-,15-,16-/m0/s1. The summed E-state index contributed by atoms with van der Waals surface area (Å²) in [5, 5.41) is 25.6. The van der Waals surface area contributed by atoms with E-state index in [0.29, 0.717) is 24.9 Å². The molecule has 3 atom stereocenters. The van der Waals surface area contributed by atoms with E-state index >= 15 is 0 Å². The summed E-state index contributed by atoms with van der Waals surface area (Å²) in [6.07, 6.45) is -0.275. The van der Waals surface area contributed by atoms with Crippen LogP contribution in [-0.4, -0.2) is 77.0 Å². The van der Waals surface area contributed by atoms with E-state index in [2.05, 4.69) is 20.9 Å². The lowest BCUT2D eigenvalue weighted by atomic mass is 10.1. The Balaban J connectivity index is 2.58. The molecule has 3 amide bonds. The van der Waals surface area contributed by atoms with Gasteiger partial charge < -0.3 is 43.4 Å². The highest BCUT2D eigenvalue weighted by atomic mass is 16.4. The molecule has 14 nitrogen and oxygen atoms in total. The Morgan fingerprint density at radius 1 is 0.944 bits per heavy atom. The van der Waals surface area contributed by atoms with Crippen LogP contribution in [0, 0.1) is 0 Å². The number of guanidine groups is 1. The molecule has 1 aromatic rings. The van der Waals surface area contributed by atoms with Crippen molar-refractivity contribution in [3.05, 3.63) is 35.9 Å². The first kappa shape index (κ1) is 29.8. The first-order valence-electron chi connectivity index (χ1n) is 11.2. The van der Waals surface area contributed by atoms with Crippen LogP contribution in [0.4, 0.5) is 0 Å². The van der Waals surface area contributed by atoms with Gasteiger partial charge >= 0.3 is 11.9 Å². The molecular weight excluding hydrogens is 474 g/mol. The molecule has 11 N–H and O–H groups in total. The number of nitrogens with one attached hydrogen (secondary N) is 3. The third kappa shape index (κ3) is 12.3. The van der Waals surface area contributed by atoms with E-state index in [0.717, 1.165) is 0 Å². The van der Waals surface area contributed by atoms with Gasteiger partial charge in [0.05, 0.1) is 12.5 Å². The van der Waals surface area contributed by atoms with Crippen LogP contribution in [0.5, 0.6) is 0 Å². The number of carboxylic acid groups (broad SMARTS) is 2. The SMILES string of the molecule is NC(N)=NCCC[C@H](N)C(=O)NCCC(=O)N[C@@H](CC(=O)O)C(=O)N[C@@H](Cc1ccccc1)C(=O)O. The molecule has 0 aliphatic rings. The Hall–Kier alpha value is -4.20. The van der Waals surface area contributed by atoms with Gasteiger partial charge in [-0.25, -0.2) is 4.79 Å². The normalized spacial score (nSPS) is 12.9. The van der Waals surface area contributed by atoms with Crippen molar-refractivity contribution in [2.45, 2.75) is 50.2 Å². The second-order valence-corrected chi connectivity index (χ2v) is 7.90. The number of nitrogens with two attached hydrogens (primary N) is 3. The van der Waals surface area contributed by atoms with Crippen LogP contribution < -0.4 is 33.2 Å².